The molecule has 0 heterocycles. The van der Waals surface area contributed by atoms with Crippen LogP contribution in [0.1, 0.15) is 22.8 Å². The van der Waals surface area contributed by atoms with Crippen molar-refractivity contribution in [2.45, 2.75) is 6.92 Å². The highest BCUT2D eigenvalue weighted by atomic mass is 16.5. The van der Waals surface area contributed by atoms with Crippen LogP contribution in [0.3, 0.4) is 0 Å². The van der Waals surface area contributed by atoms with Gasteiger partial charge in [-0.15, -0.1) is 0 Å². The Morgan fingerprint density at radius 2 is 2.20 bits per heavy atom. The van der Waals surface area contributed by atoms with Gasteiger partial charge in [0.2, 0.25) is 0 Å². The second-order valence-electron chi connectivity index (χ2n) is 3.56. The molecule has 0 amide bonds. The molecule has 0 saturated carbocycles. The predicted octanol–water partition coefficient (Wildman–Crippen LogP) is 2.38. The summed E-state index contributed by atoms with van der Waals surface area (Å²) in [5, 5.41) is 8.83. The molecule has 0 bridgehead atoms. The first-order valence-corrected chi connectivity index (χ1v) is 5.84. The molecule has 0 aliphatic carbocycles. The third-order valence-corrected chi connectivity index (χ3v) is 2.18. The Morgan fingerprint density at radius 1 is 1.45 bits per heavy atom. The fourth-order valence-corrected chi connectivity index (χ4v) is 1.35. The number of carbonyl (C=O) groups excluding carboxylic acids is 2. The van der Waals surface area contributed by atoms with E-state index in [0.717, 1.165) is 0 Å². The molecule has 0 N–H and O–H groups in total. The lowest BCUT2D eigenvalue weighted by molar-refractivity contribution is -0.129. The van der Waals surface area contributed by atoms with Crippen molar-refractivity contribution in [3.8, 4) is 11.8 Å². The number of esters is 2. The molecule has 0 spiro atoms. The summed E-state index contributed by atoms with van der Waals surface area (Å²) in [6.07, 6.45) is 4.00. The lowest BCUT2D eigenvalue weighted by Gasteiger charge is -2.08. The van der Waals surface area contributed by atoms with Crippen LogP contribution in [0.4, 0.5) is 0 Å². The minimum atomic E-state index is -0.653. The summed E-state index contributed by atoms with van der Waals surface area (Å²) in [6.45, 7) is 5.26. The summed E-state index contributed by atoms with van der Waals surface area (Å²) in [4.78, 5) is 23.3. The first kappa shape index (κ1) is 15.2. The van der Waals surface area contributed by atoms with Crippen molar-refractivity contribution in [2.24, 2.45) is 0 Å². The fraction of sp³-hybridized carbons (Fsp3) is 0.133. The van der Waals surface area contributed by atoms with E-state index in [1.54, 1.807) is 6.92 Å². The molecule has 5 heteroatoms. The molecule has 102 valence electrons. The predicted molar refractivity (Wildman–Crippen MR) is 72.1 cm³/mol. The standard InChI is InChI=1S/C15H13NO4/c1-3-5-6-14(17)20-13-8-7-11(10-16)9-12(13)15(18)19-4-2/h3,5-9H,1,4H2,2H3. The van der Waals surface area contributed by atoms with Gasteiger partial charge in [0, 0.05) is 6.08 Å². The van der Waals surface area contributed by atoms with Crippen molar-refractivity contribution < 1.29 is 19.1 Å². The molecule has 1 aromatic rings. The number of nitrogens with zero attached hydrogens (tertiary/aromatic N) is 1. The van der Waals surface area contributed by atoms with Crippen molar-refractivity contribution in [2.75, 3.05) is 6.61 Å². The highest BCUT2D eigenvalue weighted by Crippen LogP contribution is 2.21. The van der Waals surface area contributed by atoms with Gasteiger partial charge in [0.15, 0.2) is 0 Å². The lowest BCUT2D eigenvalue weighted by Crippen LogP contribution is -2.11. The second-order valence-corrected chi connectivity index (χ2v) is 3.56. The molecule has 0 saturated heterocycles. The molecule has 0 aliphatic heterocycles. The van der Waals surface area contributed by atoms with Gasteiger partial charge in [-0.3, -0.25) is 0 Å². The number of allylic oxidation sites excluding steroid dienone is 2. The average molecular weight is 271 g/mol. The van der Waals surface area contributed by atoms with Crippen molar-refractivity contribution in [3.63, 3.8) is 0 Å². The van der Waals surface area contributed by atoms with Gasteiger partial charge in [-0.25, -0.2) is 9.59 Å². The normalized spacial score (nSPS) is 9.80. The van der Waals surface area contributed by atoms with Crippen LogP contribution in [-0.2, 0) is 9.53 Å². The third-order valence-electron chi connectivity index (χ3n) is 2.18. The fourth-order valence-electron chi connectivity index (χ4n) is 1.35. The Morgan fingerprint density at radius 3 is 2.80 bits per heavy atom. The summed E-state index contributed by atoms with van der Waals surface area (Å²) in [6, 6.07) is 6.05. The lowest BCUT2D eigenvalue weighted by atomic mass is 10.1. The van der Waals surface area contributed by atoms with E-state index in [1.807, 2.05) is 6.07 Å². The van der Waals surface area contributed by atoms with E-state index in [2.05, 4.69) is 6.58 Å². The van der Waals surface area contributed by atoms with Gasteiger partial charge < -0.3 is 9.47 Å². The molecule has 5 nitrogen and oxygen atoms in total. The first-order valence-electron chi connectivity index (χ1n) is 5.84. The summed E-state index contributed by atoms with van der Waals surface area (Å²) in [7, 11) is 0. The molecule has 1 aromatic carbocycles. The number of hydrogen-bond donors (Lipinski definition) is 0. The largest absolute Gasteiger partial charge is 0.462 e. The van der Waals surface area contributed by atoms with E-state index in [1.165, 1.54) is 36.4 Å². The van der Waals surface area contributed by atoms with Crippen molar-refractivity contribution in [1.29, 1.82) is 5.26 Å². The maximum atomic E-state index is 11.8. The molecule has 0 aromatic heterocycles. The third kappa shape index (κ3) is 4.10. The Balaban J connectivity index is 3.09. The van der Waals surface area contributed by atoms with Gasteiger partial charge in [-0.05, 0) is 25.1 Å². The highest BCUT2D eigenvalue weighted by molar-refractivity contribution is 5.95. The van der Waals surface area contributed by atoms with Gasteiger partial charge in [0.05, 0.1) is 18.2 Å². The first-order chi connectivity index (χ1) is 9.62. The van der Waals surface area contributed by atoms with Gasteiger partial charge in [-0.1, -0.05) is 18.7 Å². The van der Waals surface area contributed by atoms with Crippen LogP contribution >= 0.6 is 0 Å². The highest BCUT2D eigenvalue weighted by Gasteiger charge is 2.16. The van der Waals surface area contributed by atoms with Crippen LogP contribution in [0.15, 0.2) is 43.0 Å². The van der Waals surface area contributed by atoms with E-state index in [9.17, 15) is 9.59 Å². The molecular formula is C15H13NO4. The van der Waals surface area contributed by atoms with Crippen LogP contribution in [0.5, 0.6) is 5.75 Å². The molecule has 0 atom stereocenters. The van der Waals surface area contributed by atoms with Gasteiger partial charge in [0.25, 0.3) is 0 Å². The smallest absolute Gasteiger partial charge is 0.341 e. The number of benzene rings is 1. The number of nitriles is 1. The molecule has 0 aliphatic rings. The summed E-state index contributed by atoms with van der Waals surface area (Å²) >= 11 is 0. The maximum Gasteiger partial charge on any atom is 0.341 e. The number of carbonyl (C=O) groups is 2. The number of ether oxygens (including phenoxy) is 2. The summed E-state index contributed by atoms with van der Waals surface area (Å²) < 4.78 is 9.89. The topological polar surface area (TPSA) is 76.4 Å². The van der Waals surface area contributed by atoms with Crippen LogP contribution in [-0.4, -0.2) is 18.5 Å². The SMILES string of the molecule is C=CC=CC(=O)Oc1ccc(C#N)cc1C(=O)OCC. The van der Waals surface area contributed by atoms with Crippen molar-refractivity contribution >= 4 is 11.9 Å². The average Bonchev–Trinajstić information content (AvgIpc) is 2.45. The van der Waals surface area contributed by atoms with Crippen LogP contribution in [0.2, 0.25) is 0 Å². The quantitative estimate of drug-likeness (QED) is 0.355. The van der Waals surface area contributed by atoms with Crippen molar-refractivity contribution in [1.82, 2.24) is 0 Å². The van der Waals surface area contributed by atoms with Crippen molar-refractivity contribution in [3.05, 3.63) is 54.1 Å². The van der Waals surface area contributed by atoms with Gasteiger partial charge in [0.1, 0.15) is 11.3 Å². The van der Waals surface area contributed by atoms with E-state index in [0.29, 0.717) is 0 Å². The Kier molecular flexibility index (Phi) is 5.73. The molecule has 1 rings (SSSR count). The number of hydrogen-bond acceptors (Lipinski definition) is 5. The molecule has 20 heavy (non-hydrogen) atoms. The molecule has 0 radical (unpaired) electrons. The monoisotopic (exact) mass is 271 g/mol. The van der Waals surface area contributed by atoms with E-state index in [-0.39, 0.29) is 23.5 Å². The van der Waals surface area contributed by atoms with Crippen LogP contribution in [0.25, 0.3) is 0 Å². The summed E-state index contributed by atoms with van der Waals surface area (Å²) in [5.41, 5.74) is 0.306. The van der Waals surface area contributed by atoms with E-state index < -0.39 is 11.9 Å². The van der Waals surface area contributed by atoms with Crippen LogP contribution in [0, 0.1) is 11.3 Å². The second kappa shape index (κ2) is 7.54. The zero-order valence-electron chi connectivity index (χ0n) is 11.0. The maximum absolute atomic E-state index is 11.8. The van der Waals surface area contributed by atoms with E-state index >= 15 is 0 Å². The van der Waals surface area contributed by atoms with E-state index in [4.69, 9.17) is 14.7 Å². The minimum Gasteiger partial charge on any atom is -0.462 e. The molecule has 0 fully saturated rings. The Labute approximate surface area is 116 Å². The minimum absolute atomic E-state index is 0.0336. The molecular weight excluding hydrogens is 258 g/mol. The van der Waals surface area contributed by atoms with Crippen LogP contribution < -0.4 is 4.74 Å². The Bertz CT molecular complexity index is 596. The van der Waals surface area contributed by atoms with Gasteiger partial charge in [-0.2, -0.15) is 5.26 Å². The zero-order chi connectivity index (χ0) is 15.0. The Hall–Kier alpha value is -2.87. The zero-order valence-corrected chi connectivity index (χ0v) is 11.0. The summed E-state index contributed by atoms with van der Waals surface area (Å²) in [5.74, 6) is -1.26. The van der Waals surface area contributed by atoms with Gasteiger partial charge >= 0.3 is 11.9 Å². The molecule has 0 unspecified atom stereocenters. The number of rotatable bonds is 5.